The van der Waals surface area contributed by atoms with E-state index in [0.717, 1.165) is 11.1 Å². The van der Waals surface area contributed by atoms with Crippen LogP contribution in [0.15, 0.2) is 47.5 Å². The maximum atomic E-state index is 12.1. The first kappa shape index (κ1) is 20.9. The number of carbonyl (C=O) groups is 1. The summed E-state index contributed by atoms with van der Waals surface area (Å²) in [6.45, 7) is 5.37. The fourth-order valence-electron chi connectivity index (χ4n) is 2.29. The zero-order chi connectivity index (χ0) is 20.1. The van der Waals surface area contributed by atoms with Crippen molar-refractivity contribution in [2.24, 2.45) is 0 Å². The molecule has 1 heterocycles. The Morgan fingerprint density at radius 3 is 2.33 bits per heavy atom. The highest BCUT2D eigenvalue weighted by atomic mass is 32.2. The zero-order valence-corrected chi connectivity index (χ0v) is 16.5. The molecule has 0 spiro atoms. The summed E-state index contributed by atoms with van der Waals surface area (Å²) in [5.74, 6) is -0.0761. The van der Waals surface area contributed by atoms with Gasteiger partial charge in [-0.3, -0.25) is 4.98 Å². The molecule has 0 saturated carbocycles. The van der Waals surface area contributed by atoms with E-state index in [4.69, 9.17) is 14.6 Å². The van der Waals surface area contributed by atoms with Gasteiger partial charge in [-0.15, -0.1) is 0 Å². The summed E-state index contributed by atoms with van der Waals surface area (Å²) in [5.41, 5.74) is 1.88. The summed E-state index contributed by atoms with van der Waals surface area (Å²) in [7, 11) is -2.96. The van der Waals surface area contributed by atoms with E-state index in [9.17, 15) is 9.00 Å². The molecule has 3 N–H and O–H groups in total. The minimum atomic E-state index is -2.96. The van der Waals surface area contributed by atoms with E-state index in [2.05, 4.69) is 10.3 Å². The SMILES string of the molecule is CC(C)(C)OC(=O)NCc1ccc(-c2ccc(S(=N)(=O)CCO)cc2)cn1. The number of nitrogens with one attached hydrogen (secondary N) is 2. The van der Waals surface area contributed by atoms with Gasteiger partial charge in [0.2, 0.25) is 0 Å². The molecule has 7 nitrogen and oxygen atoms in total. The van der Waals surface area contributed by atoms with E-state index in [1.807, 2.05) is 6.07 Å². The molecule has 1 aromatic heterocycles. The Morgan fingerprint density at radius 1 is 1.19 bits per heavy atom. The number of nitrogens with zero attached hydrogens (tertiary/aromatic N) is 1. The van der Waals surface area contributed by atoms with Crippen molar-refractivity contribution in [3.63, 3.8) is 0 Å². The molecule has 0 saturated heterocycles. The number of aromatic nitrogens is 1. The lowest BCUT2D eigenvalue weighted by Gasteiger charge is -2.19. The summed E-state index contributed by atoms with van der Waals surface area (Å²) in [6, 6.07) is 10.5. The van der Waals surface area contributed by atoms with E-state index in [1.165, 1.54) is 0 Å². The lowest BCUT2D eigenvalue weighted by molar-refractivity contribution is 0.0523. The first-order valence-corrected chi connectivity index (χ1v) is 10.2. The molecule has 146 valence electrons. The Kier molecular flexibility index (Phi) is 6.56. The number of aliphatic hydroxyl groups excluding tert-OH is 1. The van der Waals surface area contributed by atoms with Crippen molar-refractivity contribution in [3.8, 4) is 11.1 Å². The first-order chi connectivity index (χ1) is 12.6. The van der Waals surface area contributed by atoms with Gasteiger partial charge in [0.15, 0.2) is 0 Å². The summed E-state index contributed by atoms with van der Waals surface area (Å²) in [5, 5.41) is 11.6. The van der Waals surface area contributed by atoms with Crippen molar-refractivity contribution in [3.05, 3.63) is 48.3 Å². The van der Waals surface area contributed by atoms with Crippen molar-refractivity contribution in [1.82, 2.24) is 10.3 Å². The van der Waals surface area contributed by atoms with E-state index in [0.29, 0.717) is 10.6 Å². The number of pyridine rings is 1. The fourth-order valence-corrected chi connectivity index (χ4v) is 3.36. The third-order valence-corrected chi connectivity index (χ3v) is 5.38. The average molecular weight is 391 g/mol. The molecule has 8 heteroatoms. The highest BCUT2D eigenvalue weighted by Gasteiger charge is 2.15. The van der Waals surface area contributed by atoms with Gasteiger partial charge in [-0.1, -0.05) is 18.2 Å². The number of ether oxygens (including phenoxy) is 1. The number of aliphatic hydroxyl groups is 1. The molecule has 0 aliphatic rings. The van der Waals surface area contributed by atoms with Crippen LogP contribution in [-0.4, -0.2) is 38.4 Å². The summed E-state index contributed by atoms with van der Waals surface area (Å²) >= 11 is 0. The van der Waals surface area contributed by atoms with Crippen molar-refractivity contribution < 1.29 is 18.8 Å². The fraction of sp³-hybridized carbons (Fsp3) is 0.368. The Balaban J connectivity index is 2.02. The van der Waals surface area contributed by atoms with Gasteiger partial charge in [0.1, 0.15) is 5.60 Å². The highest BCUT2D eigenvalue weighted by molar-refractivity contribution is 7.92. The Labute approximate surface area is 159 Å². The Morgan fingerprint density at radius 2 is 1.81 bits per heavy atom. The summed E-state index contributed by atoms with van der Waals surface area (Å²) < 4.78 is 25.1. The summed E-state index contributed by atoms with van der Waals surface area (Å²) in [6.07, 6.45) is 1.19. The molecule has 1 unspecified atom stereocenters. The van der Waals surface area contributed by atoms with Crippen molar-refractivity contribution in [1.29, 1.82) is 4.78 Å². The van der Waals surface area contributed by atoms with E-state index < -0.39 is 21.4 Å². The molecule has 1 atom stereocenters. The number of hydrogen-bond acceptors (Lipinski definition) is 6. The largest absolute Gasteiger partial charge is 0.444 e. The van der Waals surface area contributed by atoms with Gasteiger partial charge in [-0.2, -0.15) is 0 Å². The van der Waals surface area contributed by atoms with Gasteiger partial charge in [0.25, 0.3) is 0 Å². The van der Waals surface area contributed by atoms with Crippen LogP contribution < -0.4 is 5.32 Å². The number of rotatable bonds is 6. The maximum absolute atomic E-state index is 12.1. The normalized spacial score (nSPS) is 13.6. The number of alkyl carbamates (subject to hydrolysis) is 1. The van der Waals surface area contributed by atoms with E-state index in [-0.39, 0.29) is 18.9 Å². The smallest absolute Gasteiger partial charge is 0.407 e. The van der Waals surface area contributed by atoms with E-state index in [1.54, 1.807) is 57.3 Å². The Hall–Kier alpha value is -2.45. The predicted molar refractivity (Wildman–Crippen MR) is 104 cm³/mol. The van der Waals surface area contributed by atoms with Crippen LogP contribution in [0.2, 0.25) is 0 Å². The molecule has 0 bridgehead atoms. The molecule has 2 aromatic rings. The van der Waals surface area contributed by atoms with Crippen LogP contribution in [0, 0.1) is 4.78 Å². The van der Waals surface area contributed by atoms with Crippen molar-refractivity contribution in [2.45, 2.75) is 37.8 Å². The molecule has 27 heavy (non-hydrogen) atoms. The molecule has 2 rings (SSSR count). The number of hydrogen-bond donors (Lipinski definition) is 3. The van der Waals surface area contributed by atoms with Crippen LogP contribution >= 0.6 is 0 Å². The standard InChI is InChI=1S/C19H25N3O4S/c1-19(2,3)26-18(24)22-13-16-7-4-15(12-21-16)14-5-8-17(9-6-14)27(20,25)11-10-23/h4-9,12,20,23H,10-11,13H2,1-3H3,(H,22,24). The van der Waals surface area contributed by atoms with Crippen LogP contribution in [0.1, 0.15) is 26.5 Å². The lowest BCUT2D eigenvalue weighted by Crippen LogP contribution is -2.32. The quantitative estimate of drug-likeness (QED) is 0.700. The lowest BCUT2D eigenvalue weighted by atomic mass is 10.1. The first-order valence-electron chi connectivity index (χ1n) is 8.50. The molecular weight excluding hydrogens is 366 g/mol. The van der Waals surface area contributed by atoms with Crippen LogP contribution in [0.25, 0.3) is 11.1 Å². The van der Waals surface area contributed by atoms with Gasteiger partial charge in [-0.05, 0) is 44.5 Å². The molecule has 0 aliphatic heterocycles. The second-order valence-electron chi connectivity index (χ2n) is 7.02. The highest BCUT2D eigenvalue weighted by Crippen LogP contribution is 2.21. The van der Waals surface area contributed by atoms with Crippen LogP contribution in [-0.2, 0) is 21.0 Å². The topological polar surface area (TPSA) is 112 Å². The van der Waals surface area contributed by atoms with Crippen molar-refractivity contribution >= 4 is 15.8 Å². The van der Waals surface area contributed by atoms with Crippen LogP contribution in [0.3, 0.4) is 0 Å². The minimum absolute atomic E-state index is 0.0761. The van der Waals surface area contributed by atoms with E-state index >= 15 is 0 Å². The van der Waals surface area contributed by atoms with Crippen LogP contribution in [0.4, 0.5) is 4.79 Å². The second-order valence-corrected chi connectivity index (χ2v) is 9.25. The third kappa shape index (κ3) is 6.33. The Bertz CT molecular complexity index is 871. The molecule has 0 fully saturated rings. The monoisotopic (exact) mass is 391 g/mol. The molecule has 0 radical (unpaired) electrons. The van der Waals surface area contributed by atoms with Crippen LogP contribution in [0.5, 0.6) is 0 Å². The van der Waals surface area contributed by atoms with Gasteiger partial charge in [0.05, 0.1) is 34.3 Å². The zero-order valence-electron chi connectivity index (χ0n) is 15.7. The number of benzene rings is 1. The molecule has 0 aliphatic carbocycles. The average Bonchev–Trinajstić information content (AvgIpc) is 2.59. The molecule has 1 aromatic carbocycles. The molecular formula is C19H25N3O4S. The second kappa shape index (κ2) is 8.49. The minimum Gasteiger partial charge on any atom is -0.444 e. The van der Waals surface area contributed by atoms with Gasteiger partial charge >= 0.3 is 6.09 Å². The number of carbonyl (C=O) groups excluding carboxylic acids is 1. The summed E-state index contributed by atoms with van der Waals surface area (Å²) in [4.78, 5) is 16.4. The molecule has 1 amide bonds. The third-order valence-electron chi connectivity index (χ3n) is 3.58. The number of amides is 1. The van der Waals surface area contributed by atoms with Crippen molar-refractivity contribution in [2.75, 3.05) is 12.4 Å². The van der Waals surface area contributed by atoms with Gasteiger partial charge in [-0.25, -0.2) is 13.8 Å². The van der Waals surface area contributed by atoms with Gasteiger partial charge in [0, 0.05) is 16.7 Å². The predicted octanol–water partition coefficient (Wildman–Crippen LogP) is 3.17. The maximum Gasteiger partial charge on any atom is 0.407 e. The van der Waals surface area contributed by atoms with Gasteiger partial charge < -0.3 is 15.2 Å².